The van der Waals surface area contributed by atoms with Gasteiger partial charge in [-0.05, 0) is 35.4 Å². The van der Waals surface area contributed by atoms with Crippen molar-refractivity contribution in [2.75, 3.05) is 0 Å². The van der Waals surface area contributed by atoms with Crippen LogP contribution in [0.1, 0.15) is 16.7 Å². The zero-order valence-corrected chi connectivity index (χ0v) is 12.4. The Morgan fingerprint density at radius 2 is 1.71 bits per heavy atom. The molecule has 0 aliphatic carbocycles. The molecular weight excluding hydrogens is 321 g/mol. The molecule has 0 heterocycles. The monoisotopic (exact) mass is 332 g/mol. The van der Waals surface area contributed by atoms with Crippen LogP contribution in [0.4, 0.5) is 13.2 Å². The lowest BCUT2D eigenvalue weighted by atomic mass is 10.1. The molecule has 0 spiro atoms. The lowest BCUT2D eigenvalue weighted by Crippen LogP contribution is -2.09. The number of thioether (sulfide) groups is 1. The van der Waals surface area contributed by atoms with Crippen LogP contribution in [-0.4, -0.2) is 5.11 Å². The number of hydrogen-bond acceptors (Lipinski definition) is 2. The quantitative estimate of drug-likeness (QED) is 0.782. The minimum atomic E-state index is -4.46. The highest BCUT2D eigenvalue weighted by atomic mass is 35.5. The van der Waals surface area contributed by atoms with Crippen LogP contribution in [0.15, 0.2) is 47.4 Å². The van der Waals surface area contributed by atoms with Gasteiger partial charge < -0.3 is 5.11 Å². The fraction of sp³-hybridized carbons (Fsp3) is 0.200. The molecule has 2 aromatic rings. The molecule has 0 radical (unpaired) electrons. The van der Waals surface area contributed by atoms with Crippen molar-refractivity contribution in [1.82, 2.24) is 0 Å². The maximum absolute atomic E-state index is 12.9. The highest BCUT2D eigenvalue weighted by Gasteiger charge is 2.33. The Kier molecular flexibility index (Phi) is 5.19. The van der Waals surface area contributed by atoms with Crippen molar-refractivity contribution >= 4 is 23.4 Å². The summed E-state index contributed by atoms with van der Waals surface area (Å²) in [5, 5.41) is 9.61. The SMILES string of the molecule is OCc1ccc(SCc2ccc(Cl)cc2)cc1C(F)(F)F. The molecule has 21 heavy (non-hydrogen) atoms. The van der Waals surface area contributed by atoms with Gasteiger partial charge in [-0.3, -0.25) is 0 Å². The highest BCUT2D eigenvalue weighted by molar-refractivity contribution is 7.98. The number of hydrogen-bond donors (Lipinski definition) is 1. The summed E-state index contributed by atoms with van der Waals surface area (Å²) in [5.41, 5.74) is 0.0774. The second-order valence-corrected chi connectivity index (χ2v) is 5.88. The maximum Gasteiger partial charge on any atom is 0.416 e. The fourth-order valence-electron chi connectivity index (χ4n) is 1.79. The van der Waals surface area contributed by atoms with Crippen molar-refractivity contribution in [2.24, 2.45) is 0 Å². The van der Waals surface area contributed by atoms with Gasteiger partial charge in [-0.1, -0.05) is 29.8 Å². The van der Waals surface area contributed by atoms with Gasteiger partial charge in [0.15, 0.2) is 0 Å². The number of aliphatic hydroxyl groups is 1. The van der Waals surface area contributed by atoms with E-state index in [4.69, 9.17) is 16.7 Å². The van der Waals surface area contributed by atoms with E-state index in [1.165, 1.54) is 17.8 Å². The molecule has 0 bridgehead atoms. The van der Waals surface area contributed by atoms with Crippen LogP contribution in [-0.2, 0) is 18.5 Å². The molecule has 0 unspecified atom stereocenters. The Morgan fingerprint density at radius 3 is 2.29 bits per heavy atom. The summed E-state index contributed by atoms with van der Waals surface area (Å²) < 4.78 is 38.7. The second kappa shape index (κ2) is 6.73. The molecule has 0 aromatic heterocycles. The summed E-state index contributed by atoms with van der Waals surface area (Å²) in [6, 6.07) is 11.1. The first kappa shape index (κ1) is 16.2. The minimum absolute atomic E-state index is 0.113. The van der Waals surface area contributed by atoms with Gasteiger partial charge in [-0.15, -0.1) is 11.8 Å². The van der Waals surface area contributed by atoms with Gasteiger partial charge in [0, 0.05) is 15.7 Å². The van der Waals surface area contributed by atoms with Crippen LogP contribution < -0.4 is 0 Å². The topological polar surface area (TPSA) is 20.2 Å². The molecule has 0 amide bonds. The number of alkyl halides is 3. The lowest BCUT2D eigenvalue weighted by molar-refractivity contribution is -0.138. The molecule has 0 atom stereocenters. The zero-order chi connectivity index (χ0) is 15.5. The van der Waals surface area contributed by atoms with E-state index in [-0.39, 0.29) is 5.56 Å². The second-order valence-electron chi connectivity index (χ2n) is 4.39. The summed E-state index contributed by atoms with van der Waals surface area (Å²) in [6.45, 7) is -0.628. The van der Waals surface area contributed by atoms with Crippen LogP contribution in [0.5, 0.6) is 0 Å². The van der Waals surface area contributed by atoms with E-state index in [0.29, 0.717) is 15.7 Å². The maximum atomic E-state index is 12.9. The molecular formula is C15H12ClF3OS. The summed E-state index contributed by atoms with van der Waals surface area (Å²) in [6.07, 6.45) is -4.46. The summed E-state index contributed by atoms with van der Waals surface area (Å²) in [7, 11) is 0. The summed E-state index contributed by atoms with van der Waals surface area (Å²) >= 11 is 7.08. The Labute approximate surface area is 129 Å². The van der Waals surface area contributed by atoms with E-state index in [0.717, 1.165) is 11.6 Å². The number of halogens is 4. The van der Waals surface area contributed by atoms with Crippen LogP contribution >= 0.6 is 23.4 Å². The average molecular weight is 333 g/mol. The molecule has 2 aromatic carbocycles. The standard InChI is InChI=1S/C15H12ClF3OS/c16-12-4-1-10(2-5-12)9-21-13-6-3-11(8-20)14(7-13)15(17,18)19/h1-7,20H,8-9H2. The Morgan fingerprint density at radius 1 is 1.05 bits per heavy atom. The van der Waals surface area contributed by atoms with Gasteiger partial charge in [0.1, 0.15) is 0 Å². The molecule has 0 fully saturated rings. The lowest BCUT2D eigenvalue weighted by Gasteiger charge is -2.13. The molecule has 1 N–H and O–H groups in total. The smallest absolute Gasteiger partial charge is 0.392 e. The van der Waals surface area contributed by atoms with E-state index in [9.17, 15) is 13.2 Å². The largest absolute Gasteiger partial charge is 0.416 e. The molecule has 112 valence electrons. The molecule has 0 saturated carbocycles. The average Bonchev–Trinajstić information content (AvgIpc) is 2.45. The van der Waals surface area contributed by atoms with Gasteiger partial charge in [0.05, 0.1) is 12.2 Å². The van der Waals surface area contributed by atoms with E-state index in [1.807, 2.05) is 12.1 Å². The van der Waals surface area contributed by atoms with Crippen LogP contribution in [0.3, 0.4) is 0 Å². The third-order valence-corrected chi connectivity index (χ3v) is 4.19. The Hall–Kier alpha value is -1.17. The van der Waals surface area contributed by atoms with Gasteiger partial charge in [-0.2, -0.15) is 13.2 Å². The van der Waals surface area contributed by atoms with Crippen molar-refractivity contribution in [2.45, 2.75) is 23.4 Å². The predicted octanol–water partition coefficient (Wildman–Crippen LogP) is 5.14. The summed E-state index contributed by atoms with van der Waals surface area (Å²) in [4.78, 5) is 0.509. The van der Waals surface area contributed by atoms with Crippen LogP contribution in [0.25, 0.3) is 0 Å². The number of rotatable bonds is 4. The normalized spacial score (nSPS) is 11.7. The fourth-order valence-corrected chi connectivity index (χ4v) is 2.81. The van der Waals surface area contributed by atoms with Crippen molar-refractivity contribution in [1.29, 1.82) is 0 Å². The van der Waals surface area contributed by atoms with Gasteiger partial charge >= 0.3 is 6.18 Å². The van der Waals surface area contributed by atoms with Crippen molar-refractivity contribution < 1.29 is 18.3 Å². The van der Waals surface area contributed by atoms with Crippen molar-refractivity contribution in [3.05, 3.63) is 64.2 Å². The van der Waals surface area contributed by atoms with Crippen LogP contribution in [0.2, 0.25) is 5.02 Å². The zero-order valence-electron chi connectivity index (χ0n) is 10.8. The van der Waals surface area contributed by atoms with Gasteiger partial charge in [-0.25, -0.2) is 0 Å². The molecule has 0 saturated heterocycles. The number of benzene rings is 2. The van der Waals surface area contributed by atoms with Gasteiger partial charge in [0.2, 0.25) is 0 Å². The molecule has 2 rings (SSSR count). The molecule has 0 aliphatic heterocycles. The highest BCUT2D eigenvalue weighted by Crippen LogP contribution is 2.35. The van der Waals surface area contributed by atoms with E-state index < -0.39 is 18.3 Å². The first-order valence-electron chi connectivity index (χ1n) is 6.08. The first-order valence-corrected chi connectivity index (χ1v) is 7.45. The first-order chi connectivity index (χ1) is 9.90. The van der Waals surface area contributed by atoms with E-state index in [2.05, 4.69) is 0 Å². The Balaban J connectivity index is 2.15. The predicted molar refractivity (Wildman–Crippen MR) is 78.4 cm³/mol. The van der Waals surface area contributed by atoms with E-state index >= 15 is 0 Å². The van der Waals surface area contributed by atoms with Gasteiger partial charge in [0.25, 0.3) is 0 Å². The van der Waals surface area contributed by atoms with Crippen molar-refractivity contribution in [3.63, 3.8) is 0 Å². The Bertz CT molecular complexity index is 611. The third kappa shape index (κ3) is 4.40. The molecule has 0 aliphatic rings. The molecule has 6 heteroatoms. The van der Waals surface area contributed by atoms with E-state index in [1.54, 1.807) is 18.2 Å². The number of aliphatic hydroxyl groups excluding tert-OH is 1. The van der Waals surface area contributed by atoms with Crippen molar-refractivity contribution in [3.8, 4) is 0 Å². The minimum Gasteiger partial charge on any atom is -0.392 e. The third-order valence-electron chi connectivity index (χ3n) is 2.88. The summed E-state index contributed by atoms with van der Waals surface area (Å²) in [5.74, 6) is 0.549. The van der Waals surface area contributed by atoms with Crippen LogP contribution in [0, 0.1) is 0 Å². The molecule has 1 nitrogen and oxygen atoms in total.